The summed E-state index contributed by atoms with van der Waals surface area (Å²) >= 11 is 1.57. The van der Waals surface area contributed by atoms with Gasteiger partial charge in [0.15, 0.2) is 0 Å². The highest BCUT2D eigenvalue weighted by atomic mass is 32.2. The smallest absolute Gasteiger partial charge is 0.237 e. The van der Waals surface area contributed by atoms with Gasteiger partial charge in [0.25, 0.3) is 0 Å². The van der Waals surface area contributed by atoms with Crippen molar-refractivity contribution in [3.63, 3.8) is 0 Å². The van der Waals surface area contributed by atoms with Crippen molar-refractivity contribution in [2.24, 2.45) is 0 Å². The largest absolute Gasteiger partial charge is 0.467 e. The van der Waals surface area contributed by atoms with E-state index in [9.17, 15) is 9.90 Å². The highest BCUT2D eigenvalue weighted by Crippen LogP contribution is 2.09. The summed E-state index contributed by atoms with van der Waals surface area (Å²) in [5.74, 6) is 1.23. The lowest BCUT2D eigenvalue weighted by Gasteiger charge is -2.24. The van der Waals surface area contributed by atoms with E-state index in [1.165, 1.54) is 0 Å². The van der Waals surface area contributed by atoms with E-state index in [1.807, 2.05) is 12.3 Å². The summed E-state index contributed by atoms with van der Waals surface area (Å²) in [6.45, 7) is 4.28. The quantitative estimate of drug-likeness (QED) is 0.664. The molecule has 19 heavy (non-hydrogen) atoms. The van der Waals surface area contributed by atoms with Crippen molar-refractivity contribution < 1.29 is 14.3 Å². The molecule has 2 unspecified atom stereocenters. The van der Waals surface area contributed by atoms with Gasteiger partial charge in [0.1, 0.15) is 5.76 Å². The van der Waals surface area contributed by atoms with Crippen LogP contribution in [-0.4, -0.2) is 41.2 Å². The van der Waals surface area contributed by atoms with Gasteiger partial charge in [-0.05, 0) is 32.2 Å². The van der Waals surface area contributed by atoms with Crippen molar-refractivity contribution in [2.45, 2.75) is 32.0 Å². The van der Waals surface area contributed by atoms with Gasteiger partial charge >= 0.3 is 0 Å². The molecule has 1 aromatic rings. The molecular formula is C13H22N2O3S. The second kappa shape index (κ2) is 7.57. The zero-order valence-electron chi connectivity index (χ0n) is 11.6. The number of aliphatic hydroxyl groups is 1. The third kappa shape index (κ3) is 6.13. The third-order valence-corrected chi connectivity index (χ3v) is 3.57. The minimum atomic E-state index is -0.811. The average Bonchev–Trinajstić information content (AvgIpc) is 2.86. The lowest BCUT2D eigenvalue weighted by atomic mass is 10.1. The van der Waals surface area contributed by atoms with Gasteiger partial charge in [0.2, 0.25) is 5.91 Å². The summed E-state index contributed by atoms with van der Waals surface area (Å²) in [5.41, 5.74) is -0.811. The Hall–Kier alpha value is -0.980. The van der Waals surface area contributed by atoms with Crippen molar-refractivity contribution in [3.8, 4) is 0 Å². The van der Waals surface area contributed by atoms with Crippen LogP contribution in [0, 0.1) is 0 Å². The van der Waals surface area contributed by atoms with Crippen LogP contribution in [0.4, 0.5) is 0 Å². The van der Waals surface area contributed by atoms with Gasteiger partial charge < -0.3 is 20.2 Å². The Labute approximate surface area is 118 Å². The zero-order chi connectivity index (χ0) is 14.3. The van der Waals surface area contributed by atoms with E-state index < -0.39 is 5.60 Å². The van der Waals surface area contributed by atoms with Crippen molar-refractivity contribution in [3.05, 3.63) is 24.2 Å². The van der Waals surface area contributed by atoms with Gasteiger partial charge in [-0.25, -0.2) is 0 Å². The highest BCUT2D eigenvalue weighted by molar-refractivity contribution is 7.98. The van der Waals surface area contributed by atoms with E-state index in [0.717, 1.165) is 5.76 Å². The lowest BCUT2D eigenvalue weighted by molar-refractivity contribution is -0.123. The topological polar surface area (TPSA) is 74.5 Å². The number of amides is 1. The second-order valence-corrected chi connectivity index (χ2v) is 5.70. The minimum absolute atomic E-state index is 0.114. The van der Waals surface area contributed by atoms with Crippen LogP contribution in [0.25, 0.3) is 0 Å². The van der Waals surface area contributed by atoms with Crippen LogP contribution in [0.3, 0.4) is 0 Å². The Morgan fingerprint density at radius 2 is 2.37 bits per heavy atom. The molecule has 0 radical (unpaired) electrons. The third-order valence-electron chi connectivity index (χ3n) is 2.65. The van der Waals surface area contributed by atoms with Crippen molar-refractivity contribution in [1.82, 2.24) is 10.6 Å². The van der Waals surface area contributed by atoms with Gasteiger partial charge in [0, 0.05) is 12.3 Å². The van der Waals surface area contributed by atoms with E-state index in [2.05, 4.69) is 10.6 Å². The fraction of sp³-hybridized carbons (Fsp3) is 0.615. The predicted octanol–water partition coefficient (Wildman–Crippen LogP) is 0.988. The van der Waals surface area contributed by atoms with Crippen LogP contribution in [0.15, 0.2) is 22.8 Å². The summed E-state index contributed by atoms with van der Waals surface area (Å²) in [6, 6.07) is 3.23. The standard InChI is InChI=1S/C13H22N2O3S/c1-10(15-8-13(2,17)9-19-3)12(16)14-7-11-5-4-6-18-11/h4-6,10,15,17H,7-9H2,1-3H3,(H,14,16). The normalized spacial score (nSPS) is 15.8. The number of hydrogen-bond acceptors (Lipinski definition) is 5. The number of rotatable bonds is 8. The van der Waals surface area contributed by atoms with Crippen LogP contribution < -0.4 is 10.6 Å². The van der Waals surface area contributed by atoms with E-state index >= 15 is 0 Å². The van der Waals surface area contributed by atoms with Crippen molar-refractivity contribution in [2.75, 3.05) is 18.6 Å². The second-order valence-electron chi connectivity index (χ2n) is 4.83. The zero-order valence-corrected chi connectivity index (χ0v) is 12.4. The fourth-order valence-corrected chi connectivity index (χ4v) is 2.29. The molecule has 1 aromatic heterocycles. The average molecular weight is 286 g/mol. The first-order valence-corrected chi connectivity index (χ1v) is 7.59. The molecule has 1 rings (SSSR count). The van der Waals surface area contributed by atoms with Gasteiger partial charge in [0.05, 0.1) is 24.5 Å². The maximum atomic E-state index is 11.8. The summed E-state index contributed by atoms with van der Waals surface area (Å²) < 4.78 is 5.13. The number of hydrogen-bond donors (Lipinski definition) is 3. The molecule has 0 aliphatic heterocycles. The number of carbonyl (C=O) groups is 1. The molecule has 3 N–H and O–H groups in total. The summed E-state index contributed by atoms with van der Waals surface area (Å²) in [5, 5.41) is 15.8. The number of furan rings is 1. The molecule has 5 nitrogen and oxygen atoms in total. The fourth-order valence-electron chi connectivity index (χ4n) is 1.57. The molecule has 0 aromatic carbocycles. The molecule has 6 heteroatoms. The summed E-state index contributed by atoms with van der Waals surface area (Å²) in [4.78, 5) is 11.8. The Morgan fingerprint density at radius 1 is 1.63 bits per heavy atom. The molecule has 0 saturated carbocycles. The van der Waals surface area contributed by atoms with Crippen molar-refractivity contribution >= 4 is 17.7 Å². The number of nitrogens with one attached hydrogen (secondary N) is 2. The van der Waals surface area contributed by atoms with Crippen LogP contribution in [0.1, 0.15) is 19.6 Å². The molecule has 0 spiro atoms. The summed E-state index contributed by atoms with van der Waals surface area (Å²) in [7, 11) is 0. The molecule has 0 bridgehead atoms. The highest BCUT2D eigenvalue weighted by Gasteiger charge is 2.22. The number of thioether (sulfide) groups is 1. The van der Waals surface area contributed by atoms with Crippen LogP contribution >= 0.6 is 11.8 Å². The molecule has 0 aliphatic rings. The molecule has 0 fully saturated rings. The molecule has 1 amide bonds. The molecule has 108 valence electrons. The van der Waals surface area contributed by atoms with E-state index in [4.69, 9.17) is 4.42 Å². The first kappa shape index (κ1) is 16.1. The SMILES string of the molecule is CSCC(C)(O)CNC(C)C(=O)NCc1ccco1. The maximum Gasteiger partial charge on any atom is 0.237 e. The Bertz CT molecular complexity index is 379. The maximum absolute atomic E-state index is 11.8. The van der Waals surface area contributed by atoms with Gasteiger partial charge in [-0.1, -0.05) is 0 Å². The predicted molar refractivity (Wildman–Crippen MR) is 77.0 cm³/mol. The van der Waals surface area contributed by atoms with E-state index in [-0.39, 0.29) is 11.9 Å². The van der Waals surface area contributed by atoms with Crippen molar-refractivity contribution in [1.29, 1.82) is 0 Å². The first-order valence-electron chi connectivity index (χ1n) is 6.19. The van der Waals surface area contributed by atoms with Crippen LogP contribution in [0.5, 0.6) is 0 Å². The minimum Gasteiger partial charge on any atom is -0.467 e. The summed E-state index contributed by atoms with van der Waals surface area (Å²) in [6.07, 6.45) is 3.51. The van der Waals surface area contributed by atoms with Gasteiger partial charge in [-0.3, -0.25) is 4.79 Å². The molecule has 0 aliphatic carbocycles. The lowest BCUT2D eigenvalue weighted by Crippen LogP contribution is -2.48. The molecule has 0 saturated heterocycles. The Morgan fingerprint density at radius 3 is 2.95 bits per heavy atom. The Balaban J connectivity index is 2.28. The first-order chi connectivity index (χ1) is 8.94. The van der Waals surface area contributed by atoms with Crippen LogP contribution in [-0.2, 0) is 11.3 Å². The Kier molecular flexibility index (Phi) is 6.41. The van der Waals surface area contributed by atoms with Gasteiger partial charge in [-0.15, -0.1) is 0 Å². The molecule has 2 atom stereocenters. The van der Waals surface area contributed by atoms with E-state index in [1.54, 1.807) is 37.9 Å². The van der Waals surface area contributed by atoms with Crippen LogP contribution in [0.2, 0.25) is 0 Å². The number of carbonyl (C=O) groups excluding carboxylic acids is 1. The molecular weight excluding hydrogens is 264 g/mol. The molecule has 1 heterocycles. The monoisotopic (exact) mass is 286 g/mol. The van der Waals surface area contributed by atoms with Gasteiger partial charge in [-0.2, -0.15) is 11.8 Å². The van der Waals surface area contributed by atoms with E-state index in [0.29, 0.717) is 18.8 Å².